The highest BCUT2D eigenvalue weighted by molar-refractivity contribution is 5.75. The van der Waals surface area contributed by atoms with Crippen LogP contribution in [0.2, 0.25) is 0 Å². The monoisotopic (exact) mass is 168 g/mol. The zero-order valence-electron chi connectivity index (χ0n) is 6.95. The highest BCUT2D eigenvalue weighted by Gasteiger charge is 1.98. The topological polar surface area (TPSA) is 90.4 Å². The number of guanidine groups is 1. The molecular weight excluding hydrogens is 156 g/mol. The molecule has 4 N–H and O–H groups in total. The van der Waals surface area contributed by atoms with Gasteiger partial charge in [-0.1, -0.05) is 5.16 Å². The maximum absolute atomic E-state index is 5.15. The number of rotatable bonds is 3. The van der Waals surface area contributed by atoms with Crippen LogP contribution in [0.4, 0.5) is 0 Å². The summed E-state index contributed by atoms with van der Waals surface area (Å²) in [6.07, 6.45) is 0.704. The summed E-state index contributed by atoms with van der Waals surface area (Å²) in [4.78, 5) is 3.82. The maximum Gasteiger partial charge on any atom is 0.185 e. The molecule has 0 aromatic carbocycles. The molecule has 0 atom stereocenters. The normalized spacial score (nSPS) is 9.75. The summed E-state index contributed by atoms with van der Waals surface area (Å²) in [6, 6.07) is 1.86. The van der Waals surface area contributed by atoms with Crippen LogP contribution < -0.4 is 11.5 Å². The number of hydrogen-bond donors (Lipinski definition) is 2. The van der Waals surface area contributed by atoms with E-state index in [9.17, 15) is 0 Å². The minimum Gasteiger partial charge on any atom is -0.370 e. The predicted octanol–water partition coefficient (Wildman–Crippen LogP) is -0.201. The van der Waals surface area contributed by atoms with Crippen LogP contribution in [0.15, 0.2) is 15.6 Å². The Bertz CT molecular complexity index is 275. The highest BCUT2D eigenvalue weighted by atomic mass is 16.5. The molecule has 12 heavy (non-hydrogen) atoms. The van der Waals surface area contributed by atoms with Crippen LogP contribution in [0.3, 0.4) is 0 Å². The van der Waals surface area contributed by atoms with Gasteiger partial charge in [-0.2, -0.15) is 0 Å². The summed E-state index contributed by atoms with van der Waals surface area (Å²) in [5.74, 6) is 0.907. The molecule has 0 radical (unpaired) electrons. The molecule has 0 aliphatic heterocycles. The molecule has 5 heteroatoms. The standard InChI is InChI=1S/C7H12N4O/c1-5-4-6(11-12-5)2-3-10-7(8)9/h4H,2-3H2,1H3,(H4,8,9,10). The van der Waals surface area contributed by atoms with Crippen molar-refractivity contribution in [1.29, 1.82) is 0 Å². The van der Waals surface area contributed by atoms with Crippen molar-refractivity contribution in [2.24, 2.45) is 16.5 Å². The summed E-state index contributed by atoms with van der Waals surface area (Å²) < 4.78 is 4.86. The van der Waals surface area contributed by atoms with E-state index in [2.05, 4.69) is 10.1 Å². The fourth-order valence-electron chi connectivity index (χ4n) is 0.835. The fraction of sp³-hybridized carbons (Fsp3) is 0.429. The minimum absolute atomic E-state index is 0.107. The third kappa shape index (κ3) is 2.61. The molecule has 0 spiro atoms. The number of nitrogens with two attached hydrogens (primary N) is 2. The van der Waals surface area contributed by atoms with Gasteiger partial charge in [-0.3, -0.25) is 4.99 Å². The highest BCUT2D eigenvalue weighted by Crippen LogP contribution is 2.01. The second-order valence-electron chi connectivity index (χ2n) is 2.49. The lowest BCUT2D eigenvalue weighted by atomic mass is 10.3. The zero-order chi connectivity index (χ0) is 8.97. The van der Waals surface area contributed by atoms with Gasteiger partial charge in [0.05, 0.1) is 5.69 Å². The Labute approximate surface area is 70.4 Å². The Kier molecular flexibility index (Phi) is 2.68. The average molecular weight is 168 g/mol. The lowest BCUT2D eigenvalue weighted by Gasteiger charge is -1.90. The Morgan fingerprint density at radius 2 is 2.42 bits per heavy atom. The number of nitrogens with zero attached hydrogens (tertiary/aromatic N) is 2. The summed E-state index contributed by atoms with van der Waals surface area (Å²) in [5.41, 5.74) is 11.2. The Morgan fingerprint density at radius 3 is 2.92 bits per heavy atom. The van der Waals surface area contributed by atoms with E-state index < -0.39 is 0 Å². The third-order valence-corrected chi connectivity index (χ3v) is 1.34. The minimum atomic E-state index is 0.107. The predicted molar refractivity (Wildman–Crippen MR) is 45.6 cm³/mol. The fourth-order valence-corrected chi connectivity index (χ4v) is 0.835. The maximum atomic E-state index is 5.15. The molecule has 0 fully saturated rings. The van der Waals surface area contributed by atoms with Crippen LogP contribution in [0.5, 0.6) is 0 Å². The molecule has 0 aliphatic rings. The van der Waals surface area contributed by atoms with Gasteiger partial charge in [0, 0.05) is 19.0 Å². The summed E-state index contributed by atoms with van der Waals surface area (Å²) in [5, 5.41) is 3.79. The van der Waals surface area contributed by atoms with Crippen LogP contribution in [0.25, 0.3) is 0 Å². The Hall–Kier alpha value is -1.52. The van der Waals surface area contributed by atoms with Crippen molar-refractivity contribution < 1.29 is 4.52 Å². The van der Waals surface area contributed by atoms with Crippen LogP contribution in [-0.2, 0) is 6.42 Å². The average Bonchev–Trinajstić information content (AvgIpc) is 2.35. The molecule has 1 aromatic rings. The van der Waals surface area contributed by atoms with Crippen molar-refractivity contribution in [3.05, 3.63) is 17.5 Å². The molecule has 1 heterocycles. The number of hydrogen-bond acceptors (Lipinski definition) is 3. The first-order chi connectivity index (χ1) is 5.68. The summed E-state index contributed by atoms with van der Waals surface area (Å²) in [7, 11) is 0. The van der Waals surface area contributed by atoms with Gasteiger partial charge < -0.3 is 16.0 Å². The zero-order valence-corrected chi connectivity index (χ0v) is 6.95. The first-order valence-corrected chi connectivity index (χ1v) is 3.66. The Morgan fingerprint density at radius 1 is 1.67 bits per heavy atom. The molecule has 0 saturated carbocycles. The van der Waals surface area contributed by atoms with E-state index in [1.165, 1.54) is 0 Å². The second-order valence-corrected chi connectivity index (χ2v) is 2.49. The van der Waals surface area contributed by atoms with Gasteiger partial charge in [0.1, 0.15) is 5.76 Å². The second kappa shape index (κ2) is 3.75. The molecule has 0 unspecified atom stereocenters. The van der Waals surface area contributed by atoms with E-state index in [-0.39, 0.29) is 5.96 Å². The van der Waals surface area contributed by atoms with Crippen molar-refractivity contribution in [1.82, 2.24) is 5.16 Å². The van der Waals surface area contributed by atoms with Gasteiger partial charge in [-0.15, -0.1) is 0 Å². The number of aromatic nitrogens is 1. The van der Waals surface area contributed by atoms with Gasteiger partial charge in [-0.25, -0.2) is 0 Å². The molecule has 1 aromatic heterocycles. The quantitative estimate of drug-likeness (QED) is 0.483. The van der Waals surface area contributed by atoms with E-state index in [4.69, 9.17) is 16.0 Å². The van der Waals surface area contributed by atoms with Gasteiger partial charge in [0.15, 0.2) is 5.96 Å². The molecule has 0 saturated heterocycles. The van der Waals surface area contributed by atoms with Crippen LogP contribution >= 0.6 is 0 Å². The van der Waals surface area contributed by atoms with Crippen molar-refractivity contribution in [2.75, 3.05) is 6.54 Å². The van der Waals surface area contributed by atoms with E-state index in [0.717, 1.165) is 11.5 Å². The summed E-state index contributed by atoms with van der Waals surface area (Å²) >= 11 is 0. The lowest BCUT2D eigenvalue weighted by Crippen LogP contribution is -2.23. The summed E-state index contributed by atoms with van der Waals surface area (Å²) in [6.45, 7) is 2.39. The van der Waals surface area contributed by atoms with Crippen molar-refractivity contribution in [3.8, 4) is 0 Å². The van der Waals surface area contributed by atoms with Crippen molar-refractivity contribution >= 4 is 5.96 Å². The third-order valence-electron chi connectivity index (χ3n) is 1.34. The molecule has 0 bridgehead atoms. The molecule has 1 rings (SSSR count). The van der Waals surface area contributed by atoms with E-state index in [0.29, 0.717) is 13.0 Å². The molecule has 5 nitrogen and oxygen atoms in total. The van der Waals surface area contributed by atoms with Crippen molar-refractivity contribution in [2.45, 2.75) is 13.3 Å². The number of aryl methyl sites for hydroxylation is 1. The van der Waals surface area contributed by atoms with Crippen molar-refractivity contribution in [3.63, 3.8) is 0 Å². The Balaban J connectivity index is 2.38. The number of aliphatic imine (C=N–C) groups is 1. The van der Waals surface area contributed by atoms with Gasteiger partial charge in [0.2, 0.25) is 0 Å². The van der Waals surface area contributed by atoms with Gasteiger partial charge in [-0.05, 0) is 6.92 Å². The lowest BCUT2D eigenvalue weighted by molar-refractivity contribution is 0.390. The largest absolute Gasteiger partial charge is 0.370 e. The van der Waals surface area contributed by atoms with E-state index >= 15 is 0 Å². The molecule has 0 amide bonds. The van der Waals surface area contributed by atoms with Gasteiger partial charge >= 0.3 is 0 Å². The first kappa shape index (κ1) is 8.58. The van der Waals surface area contributed by atoms with Gasteiger partial charge in [0.25, 0.3) is 0 Å². The van der Waals surface area contributed by atoms with Crippen LogP contribution in [0, 0.1) is 6.92 Å². The van der Waals surface area contributed by atoms with E-state index in [1.54, 1.807) is 0 Å². The molecule has 0 aliphatic carbocycles. The van der Waals surface area contributed by atoms with E-state index in [1.807, 2.05) is 13.0 Å². The van der Waals surface area contributed by atoms with Crippen LogP contribution in [-0.4, -0.2) is 17.7 Å². The first-order valence-electron chi connectivity index (χ1n) is 3.66. The van der Waals surface area contributed by atoms with Crippen LogP contribution in [0.1, 0.15) is 11.5 Å². The molecular formula is C7H12N4O. The SMILES string of the molecule is Cc1cc(CCN=C(N)N)no1. The smallest absolute Gasteiger partial charge is 0.185 e. The molecule has 66 valence electrons.